The third-order valence-corrected chi connectivity index (χ3v) is 4.66. The molecule has 0 radical (unpaired) electrons. The van der Waals surface area contributed by atoms with Crippen LogP contribution >= 0.6 is 0 Å². The molecule has 150 valence electrons. The summed E-state index contributed by atoms with van der Waals surface area (Å²) in [6, 6.07) is 3.87. The van der Waals surface area contributed by atoms with E-state index in [-0.39, 0.29) is 24.2 Å². The van der Waals surface area contributed by atoms with E-state index in [0.717, 1.165) is 23.2 Å². The van der Waals surface area contributed by atoms with E-state index >= 15 is 0 Å². The van der Waals surface area contributed by atoms with Crippen LogP contribution in [0.25, 0.3) is 11.3 Å². The number of amides is 1. The van der Waals surface area contributed by atoms with Crippen LogP contribution in [0.1, 0.15) is 33.9 Å². The quantitative estimate of drug-likeness (QED) is 0.676. The van der Waals surface area contributed by atoms with E-state index in [4.69, 9.17) is 14.0 Å². The lowest BCUT2D eigenvalue weighted by atomic mass is 10.1. The number of ether oxygens (including phenoxy) is 2. The van der Waals surface area contributed by atoms with Crippen LogP contribution in [-0.4, -0.2) is 45.3 Å². The van der Waals surface area contributed by atoms with Gasteiger partial charge in [0.1, 0.15) is 23.8 Å². The number of nitrogens with zero attached hydrogens (tertiary/aromatic N) is 4. The van der Waals surface area contributed by atoms with Crippen molar-refractivity contribution >= 4 is 5.91 Å². The number of aryl methyl sites for hydroxylation is 2. The highest BCUT2D eigenvalue weighted by Crippen LogP contribution is 2.25. The molecule has 4 heterocycles. The van der Waals surface area contributed by atoms with Crippen LogP contribution in [-0.2, 0) is 11.3 Å². The van der Waals surface area contributed by atoms with Gasteiger partial charge in [0.2, 0.25) is 5.88 Å². The Kier molecular flexibility index (Phi) is 5.48. The first-order chi connectivity index (χ1) is 14.1. The number of nitrogens with one attached hydrogen (secondary N) is 1. The predicted molar refractivity (Wildman–Crippen MR) is 102 cm³/mol. The molecule has 9 nitrogen and oxygen atoms in total. The van der Waals surface area contributed by atoms with Crippen molar-refractivity contribution in [2.24, 2.45) is 0 Å². The normalized spacial score (nSPS) is 16.0. The fourth-order valence-corrected chi connectivity index (χ4v) is 2.96. The molecular formula is C20H21N5O4. The van der Waals surface area contributed by atoms with E-state index in [1.165, 1.54) is 12.4 Å². The Morgan fingerprint density at radius 2 is 2.10 bits per heavy atom. The summed E-state index contributed by atoms with van der Waals surface area (Å²) in [5, 5.41) is 6.99. The third-order valence-electron chi connectivity index (χ3n) is 4.66. The van der Waals surface area contributed by atoms with Crippen LogP contribution in [0.3, 0.4) is 0 Å². The molecule has 0 unspecified atom stereocenters. The molecule has 1 N–H and O–H groups in total. The molecular weight excluding hydrogens is 374 g/mol. The maximum Gasteiger partial charge on any atom is 0.271 e. The monoisotopic (exact) mass is 395 g/mol. The van der Waals surface area contributed by atoms with Gasteiger partial charge in [0.05, 0.1) is 30.6 Å². The van der Waals surface area contributed by atoms with Gasteiger partial charge in [0.15, 0.2) is 0 Å². The van der Waals surface area contributed by atoms with E-state index < -0.39 is 0 Å². The minimum atomic E-state index is -0.274. The Bertz CT molecular complexity index is 979. The van der Waals surface area contributed by atoms with E-state index in [1.54, 1.807) is 6.20 Å². The van der Waals surface area contributed by atoms with Crippen molar-refractivity contribution in [3.05, 3.63) is 53.4 Å². The van der Waals surface area contributed by atoms with Gasteiger partial charge in [-0.2, -0.15) is 0 Å². The Balaban J connectivity index is 1.41. The van der Waals surface area contributed by atoms with Crippen molar-refractivity contribution < 1.29 is 18.8 Å². The summed E-state index contributed by atoms with van der Waals surface area (Å²) in [5.41, 5.74) is 3.49. The third kappa shape index (κ3) is 4.40. The van der Waals surface area contributed by atoms with Gasteiger partial charge in [0.25, 0.3) is 5.91 Å². The van der Waals surface area contributed by atoms with Crippen molar-refractivity contribution in [3.8, 4) is 17.1 Å². The summed E-state index contributed by atoms with van der Waals surface area (Å²) in [6.07, 6.45) is 5.37. The molecule has 3 aromatic heterocycles. The topological polar surface area (TPSA) is 112 Å². The largest absolute Gasteiger partial charge is 0.471 e. The Hall–Kier alpha value is -3.33. The molecule has 4 rings (SSSR count). The number of hydrogen-bond acceptors (Lipinski definition) is 8. The van der Waals surface area contributed by atoms with Crippen LogP contribution < -0.4 is 10.1 Å². The molecule has 0 bridgehead atoms. The zero-order chi connectivity index (χ0) is 20.2. The molecule has 1 fully saturated rings. The summed E-state index contributed by atoms with van der Waals surface area (Å²) in [6.45, 7) is 5.14. The van der Waals surface area contributed by atoms with E-state index in [0.29, 0.717) is 30.5 Å². The molecule has 9 heteroatoms. The standard InChI is InChI=1S/C20H21N5O4/c1-12-3-4-14(7-21-12)19-16(13(2)29-25-19)11-28-18-9-22-17(8-23-18)20(26)24-15-5-6-27-10-15/h3-4,7-9,15H,5-6,10-11H2,1-2H3,(H,24,26)/t15-/m1/s1. The molecule has 1 saturated heterocycles. The fourth-order valence-electron chi connectivity index (χ4n) is 2.96. The zero-order valence-corrected chi connectivity index (χ0v) is 16.2. The second kappa shape index (κ2) is 8.36. The molecule has 1 amide bonds. The molecule has 0 spiro atoms. The van der Waals surface area contributed by atoms with E-state index in [1.807, 2.05) is 26.0 Å². The number of pyridine rings is 1. The number of hydrogen-bond donors (Lipinski definition) is 1. The summed E-state index contributed by atoms with van der Waals surface area (Å²) in [5.74, 6) is 0.686. The zero-order valence-electron chi connectivity index (χ0n) is 16.2. The highest BCUT2D eigenvalue weighted by molar-refractivity contribution is 5.92. The minimum Gasteiger partial charge on any atom is -0.471 e. The van der Waals surface area contributed by atoms with Crippen molar-refractivity contribution in [3.63, 3.8) is 0 Å². The number of rotatable bonds is 6. The van der Waals surface area contributed by atoms with Gasteiger partial charge in [-0.3, -0.25) is 9.78 Å². The van der Waals surface area contributed by atoms with Gasteiger partial charge in [-0.25, -0.2) is 9.97 Å². The lowest BCUT2D eigenvalue weighted by Crippen LogP contribution is -2.35. The van der Waals surface area contributed by atoms with Crippen LogP contribution in [0.2, 0.25) is 0 Å². The first-order valence-corrected chi connectivity index (χ1v) is 9.32. The molecule has 29 heavy (non-hydrogen) atoms. The highest BCUT2D eigenvalue weighted by Gasteiger charge is 2.20. The predicted octanol–water partition coefficient (Wildman–Crippen LogP) is 2.24. The van der Waals surface area contributed by atoms with E-state index in [2.05, 4.69) is 25.4 Å². The Morgan fingerprint density at radius 3 is 2.79 bits per heavy atom. The summed E-state index contributed by atoms with van der Waals surface area (Å²) in [7, 11) is 0. The highest BCUT2D eigenvalue weighted by atomic mass is 16.5. The van der Waals surface area contributed by atoms with E-state index in [9.17, 15) is 4.79 Å². The molecule has 3 aromatic rings. The molecule has 1 aliphatic rings. The number of aromatic nitrogens is 4. The van der Waals surface area contributed by atoms with Crippen LogP contribution in [0, 0.1) is 13.8 Å². The SMILES string of the molecule is Cc1ccc(-c2noc(C)c2COc2cnc(C(=O)N[C@@H]3CCOC3)cn2)cn1. The fraction of sp³-hybridized carbons (Fsp3) is 0.350. The second-order valence-electron chi connectivity index (χ2n) is 6.82. The first-order valence-electron chi connectivity index (χ1n) is 9.32. The average molecular weight is 395 g/mol. The van der Waals surface area contributed by atoms with Crippen molar-refractivity contribution in [1.29, 1.82) is 0 Å². The van der Waals surface area contributed by atoms with Gasteiger partial charge < -0.3 is 19.3 Å². The van der Waals surface area contributed by atoms with Crippen LogP contribution in [0.5, 0.6) is 5.88 Å². The maximum atomic E-state index is 12.2. The maximum absolute atomic E-state index is 12.2. The van der Waals surface area contributed by atoms with Crippen LogP contribution in [0.4, 0.5) is 0 Å². The van der Waals surface area contributed by atoms with Gasteiger partial charge in [-0.15, -0.1) is 0 Å². The minimum absolute atomic E-state index is 0.0199. The molecule has 0 saturated carbocycles. The summed E-state index contributed by atoms with van der Waals surface area (Å²) >= 11 is 0. The first kappa shape index (κ1) is 19.0. The van der Waals surface area contributed by atoms with Gasteiger partial charge in [-0.1, -0.05) is 5.16 Å². The van der Waals surface area contributed by atoms with Gasteiger partial charge in [0, 0.05) is 24.1 Å². The second-order valence-corrected chi connectivity index (χ2v) is 6.82. The van der Waals surface area contributed by atoms with Crippen molar-refractivity contribution in [2.45, 2.75) is 32.9 Å². The van der Waals surface area contributed by atoms with Crippen molar-refractivity contribution in [1.82, 2.24) is 25.4 Å². The van der Waals surface area contributed by atoms with Gasteiger partial charge >= 0.3 is 0 Å². The smallest absolute Gasteiger partial charge is 0.271 e. The molecule has 0 aromatic carbocycles. The lowest BCUT2D eigenvalue weighted by molar-refractivity contribution is 0.0924. The Labute approximate surface area is 167 Å². The number of carbonyl (C=O) groups excluding carboxylic acids is 1. The summed E-state index contributed by atoms with van der Waals surface area (Å²) in [4.78, 5) is 24.8. The van der Waals surface area contributed by atoms with Crippen molar-refractivity contribution in [2.75, 3.05) is 13.2 Å². The molecule has 1 aliphatic heterocycles. The summed E-state index contributed by atoms with van der Waals surface area (Å²) < 4.78 is 16.3. The lowest BCUT2D eigenvalue weighted by Gasteiger charge is -2.10. The van der Waals surface area contributed by atoms with Gasteiger partial charge in [-0.05, 0) is 32.4 Å². The average Bonchev–Trinajstić information content (AvgIpc) is 3.37. The van der Waals surface area contributed by atoms with Crippen LogP contribution in [0.15, 0.2) is 35.2 Å². The number of carbonyl (C=O) groups is 1. The molecule has 1 atom stereocenters. The Morgan fingerprint density at radius 1 is 1.21 bits per heavy atom. The molecule has 0 aliphatic carbocycles.